The molecule has 4 nitrogen and oxygen atoms in total. The molecule has 0 aliphatic carbocycles. The zero-order valence-electron chi connectivity index (χ0n) is 10.5. The van der Waals surface area contributed by atoms with E-state index in [0.717, 1.165) is 50.6 Å². The second-order valence-corrected chi connectivity index (χ2v) is 5.71. The van der Waals surface area contributed by atoms with E-state index >= 15 is 0 Å². The number of likely N-dealkylation sites (tertiary alicyclic amines) is 1. The lowest BCUT2D eigenvalue weighted by molar-refractivity contribution is -0.135. The van der Waals surface area contributed by atoms with Gasteiger partial charge >= 0.3 is 0 Å². The smallest absolute Gasteiger partial charge is 0.240 e. The molecular formula is C12H22N2O2S. The fraction of sp³-hybridized carbons (Fsp3) is 0.917. The summed E-state index contributed by atoms with van der Waals surface area (Å²) in [4.78, 5) is 14.2. The lowest BCUT2D eigenvalue weighted by atomic mass is 10.1. The Morgan fingerprint density at radius 1 is 1.47 bits per heavy atom. The Morgan fingerprint density at radius 2 is 2.24 bits per heavy atom. The van der Waals surface area contributed by atoms with Crippen LogP contribution in [0.4, 0.5) is 0 Å². The minimum atomic E-state index is 0.0393. The van der Waals surface area contributed by atoms with Crippen molar-refractivity contribution < 1.29 is 9.53 Å². The summed E-state index contributed by atoms with van der Waals surface area (Å²) >= 11 is 1.87. The molecule has 1 atom stereocenters. The molecule has 2 aliphatic heterocycles. The summed E-state index contributed by atoms with van der Waals surface area (Å²) < 4.78 is 5.60. The second-order valence-electron chi connectivity index (χ2n) is 4.56. The zero-order valence-corrected chi connectivity index (χ0v) is 11.3. The van der Waals surface area contributed by atoms with Crippen molar-refractivity contribution in [2.24, 2.45) is 0 Å². The van der Waals surface area contributed by atoms with Crippen molar-refractivity contribution in [1.82, 2.24) is 10.2 Å². The fourth-order valence-electron chi connectivity index (χ4n) is 2.42. The van der Waals surface area contributed by atoms with Crippen molar-refractivity contribution in [3.05, 3.63) is 0 Å². The highest BCUT2D eigenvalue weighted by molar-refractivity contribution is 7.99. The van der Waals surface area contributed by atoms with Crippen molar-refractivity contribution in [3.8, 4) is 0 Å². The van der Waals surface area contributed by atoms with E-state index in [1.165, 1.54) is 0 Å². The highest BCUT2D eigenvalue weighted by Gasteiger charge is 2.29. The van der Waals surface area contributed by atoms with Gasteiger partial charge in [-0.3, -0.25) is 4.79 Å². The van der Waals surface area contributed by atoms with Crippen molar-refractivity contribution in [1.29, 1.82) is 0 Å². The third-order valence-electron chi connectivity index (χ3n) is 3.38. The van der Waals surface area contributed by atoms with Gasteiger partial charge in [0, 0.05) is 37.7 Å². The van der Waals surface area contributed by atoms with Gasteiger partial charge in [-0.1, -0.05) is 0 Å². The number of amides is 1. The predicted octanol–water partition coefficient (Wildman–Crippen LogP) is 0.719. The second kappa shape index (κ2) is 6.61. The maximum Gasteiger partial charge on any atom is 0.240 e. The van der Waals surface area contributed by atoms with Gasteiger partial charge in [0.15, 0.2) is 0 Å². The molecule has 2 rings (SSSR count). The maximum atomic E-state index is 12.2. The van der Waals surface area contributed by atoms with Gasteiger partial charge in [0.25, 0.3) is 0 Å². The van der Waals surface area contributed by atoms with Crippen LogP contribution >= 0.6 is 11.8 Å². The molecular weight excluding hydrogens is 236 g/mol. The van der Waals surface area contributed by atoms with Crippen LogP contribution in [0.5, 0.6) is 0 Å². The summed E-state index contributed by atoms with van der Waals surface area (Å²) in [6, 6.07) is 0.0393. The lowest BCUT2D eigenvalue weighted by Gasteiger charge is -2.35. The van der Waals surface area contributed by atoms with Crippen LogP contribution in [0.25, 0.3) is 0 Å². The number of nitrogens with zero attached hydrogens (tertiary/aromatic N) is 1. The number of carbonyl (C=O) groups is 1. The molecule has 0 radical (unpaired) electrons. The molecule has 2 aliphatic rings. The SMILES string of the molecule is CCOC1CCN(C(=O)C2CSCCN2)CC1. The first-order valence-corrected chi connectivity index (χ1v) is 7.68. The summed E-state index contributed by atoms with van der Waals surface area (Å²) in [7, 11) is 0. The molecule has 2 saturated heterocycles. The monoisotopic (exact) mass is 258 g/mol. The first kappa shape index (κ1) is 13.2. The maximum absolute atomic E-state index is 12.2. The molecule has 0 saturated carbocycles. The highest BCUT2D eigenvalue weighted by atomic mass is 32.2. The summed E-state index contributed by atoms with van der Waals surface area (Å²) in [6.45, 7) is 5.47. The molecule has 0 aromatic rings. The Bertz CT molecular complexity index is 249. The fourth-order valence-corrected chi connectivity index (χ4v) is 3.35. The zero-order chi connectivity index (χ0) is 12.1. The number of carbonyl (C=O) groups excluding carboxylic acids is 1. The number of nitrogens with one attached hydrogen (secondary N) is 1. The number of ether oxygens (including phenoxy) is 1. The van der Waals surface area contributed by atoms with E-state index in [2.05, 4.69) is 5.32 Å². The molecule has 0 spiro atoms. The number of piperidine rings is 1. The number of thioether (sulfide) groups is 1. The minimum Gasteiger partial charge on any atom is -0.378 e. The van der Waals surface area contributed by atoms with Crippen LogP contribution in [0, 0.1) is 0 Å². The quantitative estimate of drug-likeness (QED) is 0.810. The standard InChI is InChI=1S/C12H22N2O2S/c1-2-16-10-3-6-14(7-4-10)12(15)11-9-17-8-5-13-11/h10-11,13H,2-9H2,1H3. The minimum absolute atomic E-state index is 0.0393. The van der Waals surface area contributed by atoms with Crippen LogP contribution in [-0.4, -0.2) is 60.7 Å². The Morgan fingerprint density at radius 3 is 2.82 bits per heavy atom. The highest BCUT2D eigenvalue weighted by Crippen LogP contribution is 2.16. The predicted molar refractivity (Wildman–Crippen MR) is 70.3 cm³/mol. The summed E-state index contributed by atoms with van der Waals surface area (Å²) in [5.74, 6) is 2.33. The van der Waals surface area contributed by atoms with Crippen LogP contribution in [0.3, 0.4) is 0 Å². The van der Waals surface area contributed by atoms with Gasteiger partial charge < -0.3 is 15.0 Å². The van der Waals surface area contributed by atoms with E-state index in [1.54, 1.807) is 0 Å². The van der Waals surface area contributed by atoms with Gasteiger partial charge in [-0.15, -0.1) is 0 Å². The van der Waals surface area contributed by atoms with Crippen molar-refractivity contribution in [2.75, 3.05) is 37.7 Å². The van der Waals surface area contributed by atoms with Gasteiger partial charge in [0.2, 0.25) is 5.91 Å². The first-order valence-electron chi connectivity index (χ1n) is 6.52. The van der Waals surface area contributed by atoms with Gasteiger partial charge in [0.1, 0.15) is 0 Å². The third-order valence-corrected chi connectivity index (χ3v) is 4.44. The molecule has 17 heavy (non-hydrogen) atoms. The summed E-state index contributed by atoms with van der Waals surface area (Å²) in [5, 5.41) is 3.31. The van der Waals surface area contributed by atoms with Gasteiger partial charge in [-0.05, 0) is 19.8 Å². The van der Waals surface area contributed by atoms with Crippen molar-refractivity contribution in [3.63, 3.8) is 0 Å². The van der Waals surface area contributed by atoms with Crippen LogP contribution in [-0.2, 0) is 9.53 Å². The average molecular weight is 258 g/mol. The molecule has 0 bridgehead atoms. The van der Waals surface area contributed by atoms with Crippen LogP contribution in [0.1, 0.15) is 19.8 Å². The van der Waals surface area contributed by atoms with E-state index in [0.29, 0.717) is 6.10 Å². The molecule has 0 aromatic heterocycles. The molecule has 1 unspecified atom stereocenters. The summed E-state index contributed by atoms with van der Waals surface area (Å²) in [5.41, 5.74) is 0. The first-order chi connectivity index (χ1) is 8.31. The largest absolute Gasteiger partial charge is 0.378 e. The summed E-state index contributed by atoms with van der Waals surface area (Å²) in [6.07, 6.45) is 2.33. The lowest BCUT2D eigenvalue weighted by Crippen LogP contribution is -2.53. The molecule has 1 N–H and O–H groups in total. The number of rotatable bonds is 3. The molecule has 1 amide bonds. The number of hydrogen-bond donors (Lipinski definition) is 1. The van der Waals surface area contributed by atoms with E-state index in [-0.39, 0.29) is 11.9 Å². The third kappa shape index (κ3) is 3.60. The van der Waals surface area contributed by atoms with Crippen molar-refractivity contribution in [2.45, 2.75) is 31.9 Å². The Hall–Kier alpha value is -0.260. The Kier molecular flexibility index (Phi) is 5.13. The van der Waals surface area contributed by atoms with Crippen LogP contribution in [0.15, 0.2) is 0 Å². The Labute approximate surface area is 107 Å². The van der Waals surface area contributed by atoms with Crippen LogP contribution in [0.2, 0.25) is 0 Å². The Balaban J connectivity index is 1.77. The molecule has 2 fully saturated rings. The molecule has 98 valence electrons. The van der Waals surface area contributed by atoms with Gasteiger partial charge in [0.05, 0.1) is 12.1 Å². The topological polar surface area (TPSA) is 41.6 Å². The molecule has 0 aromatic carbocycles. The number of hydrogen-bond acceptors (Lipinski definition) is 4. The van der Waals surface area contributed by atoms with Crippen LogP contribution < -0.4 is 5.32 Å². The van der Waals surface area contributed by atoms with E-state index in [9.17, 15) is 4.79 Å². The van der Waals surface area contributed by atoms with Gasteiger partial charge in [-0.2, -0.15) is 11.8 Å². The van der Waals surface area contributed by atoms with Gasteiger partial charge in [-0.25, -0.2) is 0 Å². The van der Waals surface area contributed by atoms with E-state index in [4.69, 9.17) is 4.74 Å². The molecule has 2 heterocycles. The molecule has 5 heteroatoms. The average Bonchev–Trinajstić information content (AvgIpc) is 2.40. The van der Waals surface area contributed by atoms with E-state index < -0.39 is 0 Å². The van der Waals surface area contributed by atoms with Crippen molar-refractivity contribution >= 4 is 17.7 Å². The van der Waals surface area contributed by atoms with E-state index in [1.807, 2.05) is 23.6 Å². The normalized spacial score (nSPS) is 27.1.